The summed E-state index contributed by atoms with van der Waals surface area (Å²) in [4.78, 5) is 10.8. The molecule has 1 aliphatic heterocycles. The SMILES string of the molecule is C/C(=N\Nc1ccc(S(=O)(=O)N2CCCC2)cc1[N+](=O)[O-])c1ccccc1Br. The molecule has 0 radical (unpaired) electrons. The van der Waals surface area contributed by atoms with Crippen LogP contribution in [-0.2, 0) is 10.0 Å². The molecule has 0 saturated carbocycles. The number of rotatable bonds is 6. The molecule has 0 spiro atoms. The van der Waals surface area contributed by atoms with E-state index in [-0.39, 0.29) is 16.3 Å². The van der Waals surface area contributed by atoms with E-state index < -0.39 is 14.9 Å². The van der Waals surface area contributed by atoms with E-state index in [0.717, 1.165) is 28.9 Å². The summed E-state index contributed by atoms with van der Waals surface area (Å²) in [6.07, 6.45) is 1.59. The van der Waals surface area contributed by atoms with E-state index in [1.54, 1.807) is 6.92 Å². The van der Waals surface area contributed by atoms with Crippen molar-refractivity contribution in [2.75, 3.05) is 18.5 Å². The summed E-state index contributed by atoms with van der Waals surface area (Å²) in [7, 11) is -3.73. The van der Waals surface area contributed by atoms with Crippen LogP contribution in [0.5, 0.6) is 0 Å². The van der Waals surface area contributed by atoms with Crippen LogP contribution in [0.4, 0.5) is 11.4 Å². The van der Waals surface area contributed by atoms with Gasteiger partial charge in [0.15, 0.2) is 0 Å². The van der Waals surface area contributed by atoms with Crippen LogP contribution >= 0.6 is 15.9 Å². The zero-order valence-corrected chi connectivity index (χ0v) is 17.5. The van der Waals surface area contributed by atoms with E-state index in [0.29, 0.717) is 18.8 Å². The molecule has 0 unspecified atom stereocenters. The van der Waals surface area contributed by atoms with Gasteiger partial charge in [-0.15, -0.1) is 0 Å². The minimum Gasteiger partial charge on any atom is -0.271 e. The van der Waals surface area contributed by atoms with Crippen LogP contribution in [0.3, 0.4) is 0 Å². The normalized spacial score (nSPS) is 15.6. The van der Waals surface area contributed by atoms with E-state index in [1.807, 2.05) is 24.3 Å². The Bertz CT molecular complexity index is 1030. The second-order valence-corrected chi connectivity index (χ2v) is 9.13. The Kier molecular flexibility index (Phi) is 6.11. The Morgan fingerprint density at radius 2 is 1.89 bits per heavy atom. The monoisotopic (exact) mass is 466 g/mol. The molecule has 3 rings (SSSR count). The summed E-state index contributed by atoms with van der Waals surface area (Å²) >= 11 is 3.44. The predicted molar refractivity (Wildman–Crippen MR) is 111 cm³/mol. The van der Waals surface area contributed by atoms with Crippen LogP contribution in [0.15, 0.2) is 56.9 Å². The largest absolute Gasteiger partial charge is 0.295 e. The molecule has 0 bridgehead atoms. The van der Waals surface area contributed by atoms with Gasteiger partial charge in [-0.1, -0.05) is 34.1 Å². The van der Waals surface area contributed by atoms with Gasteiger partial charge >= 0.3 is 0 Å². The Morgan fingerprint density at radius 3 is 2.54 bits per heavy atom. The van der Waals surface area contributed by atoms with Crippen molar-refractivity contribution in [3.05, 3.63) is 62.6 Å². The Labute approximate surface area is 171 Å². The van der Waals surface area contributed by atoms with Crippen LogP contribution in [0.1, 0.15) is 25.3 Å². The summed E-state index contributed by atoms with van der Waals surface area (Å²) in [6, 6.07) is 11.3. The molecule has 8 nitrogen and oxygen atoms in total. The first-order valence-corrected chi connectivity index (χ1v) is 10.9. The number of nitrogens with one attached hydrogen (secondary N) is 1. The van der Waals surface area contributed by atoms with Crippen LogP contribution in [0.2, 0.25) is 0 Å². The summed E-state index contributed by atoms with van der Waals surface area (Å²) in [6.45, 7) is 2.64. The van der Waals surface area contributed by atoms with Gasteiger partial charge in [-0.3, -0.25) is 15.5 Å². The second kappa shape index (κ2) is 8.38. The molecule has 0 amide bonds. The van der Waals surface area contributed by atoms with Crippen molar-refractivity contribution in [3.8, 4) is 0 Å². The van der Waals surface area contributed by atoms with Crippen molar-refractivity contribution in [1.29, 1.82) is 0 Å². The molecule has 2 aromatic carbocycles. The Morgan fingerprint density at radius 1 is 1.21 bits per heavy atom. The smallest absolute Gasteiger partial charge is 0.271 e. The van der Waals surface area contributed by atoms with Crippen LogP contribution in [0, 0.1) is 10.1 Å². The topological polar surface area (TPSA) is 105 Å². The van der Waals surface area contributed by atoms with Crippen molar-refractivity contribution >= 4 is 43.0 Å². The first-order valence-electron chi connectivity index (χ1n) is 8.64. The van der Waals surface area contributed by atoms with Crippen LogP contribution in [0.25, 0.3) is 0 Å². The van der Waals surface area contributed by atoms with Gasteiger partial charge in [-0.05, 0) is 38.0 Å². The molecule has 1 aliphatic rings. The standard InChI is InChI=1S/C18H19BrN4O4S/c1-13(15-6-2-3-7-16(15)19)20-21-17-9-8-14(12-18(17)23(24)25)28(26,27)22-10-4-5-11-22/h2-3,6-9,12,21H,4-5,10-11H2,1H3/b20-13+. The maximum Gasteiger partial charge on any atom is 0.295 e. The first kappa shape index (κ1) is 20.4. The van der Waals surface area contributed by atoms with E-state index in [9.17, 15) is 18.5 Å². The van der Waals surface area contributed by atoms with Crippen molar-refractivity contribution in [2.45, 2.75) is 24.7 Å². The van der Waals surface area contributed by atoms with Gasteiger partial charge in [0.1, 0.15) is 5.69 Å². The lowest BCUT2D eigenvalue weighted by Gasteiger charge is -2.15. The molecule has 10 heteroatoms. The summed E-state index contributed by atoms with van der Waals surface area (Å²) < 4.78 is 27.5. The van der Waals surface area contributed by atoms with Gasteiger partial charge < -0.3 is 0 Å². The zero-order chi connectivity index (χ0) is 20.3. The molecule has 148 valence electrons. The number of nitro benzene ring substituents is 1. The molecular formula is C18H19BrN4O4S. The number of hydrogen-bond donors (Lipinski definition) is 1. The molecule has 2 aromatic rings. The van der Waals surface area contributed by atoms with Crippen LogP contribution < -0.4 is 5.43 Å². The highest BCUT2D eigenvalue weighted by Gasteiger charge is 2.29. The summed E-state index contributed by atoms with van der Waals surface area (Å²) in [5, 5.41) is 15.7. The fourth-order valence-corrected chi connectivity index (χ4v) is 5.06. The number of halogens is 1. The lowest BCUT2D eigenvalue weighted by Crippen LogP contribution is -2.27. The summed E-state index contributed by atoms with van der Waals surface area (Å²) in [5.74, 6) is 0. The average Bonchev–Trinajstić information content (AvgIpc) is 3.22. The summed E-state index contributed by atoms with van der Waals surface area (Å²) in [5.41, 5.74) is 3.92. The molecule has 28 heavy (non-hydrogen) atoms. The molecular weight excluding hydrogens is 448 g/mol. The first-order chi connectivity index (χ1) is 13.3. The molecule has 1 heterocycles. The molecule has 0 aliphatic carbocycles. The number of hydrazone groups is 1. The average molecular weight is 467 g/mol. The quantitative estimate of drug-likeness (QED) is 0.393. The van der Waals surface area contributed by atoms with Crippen molar-refractivity contribution in [1.82, 2.24) is 4.31 Å². The lowest BCUT2D eigenvalue weighted by atomic mass is 10.1. The maximum atomic E-state index is 12.7. The van der Waals surface area contributed by atoms with Crippen molar-refractivity contribution in [2.24, 2.45) is 5.10 Å². The predicted octanol–water partition coefficient (Wildman–Crippen LogP) is 3.98. The minimum absolute atomic E-state index is 0.0850. The van der Waals surface area contributed by atoms with E-state index in [1.165, 1.54) is 16.4 Å². The van der Waals surface area contributed by atoms with E-state index in [2.05, 4.69) is 26.5 Å². The van der Waals surface area contributed by atoms with Crippen molar-refractivity contribution < 1.29 is 13.3 Å². The Balaban J connectivity index is 1.91. The van der Waals surface area contributed by atoms with Crippen LogP contribution in [-0.4, -0.2) is 36.4 Å². The number of hydrogen-bond acceptors (Lipinski definition) is 6. The molecule has 0 aromatic heterocycles. The highest BCUT2D eigenvalue weighted by atomic mass is 79.9. The zero-order valence-electron chi connectivity index (χ0n) is 15.1. The third-order valence-electron chi connectivity index (χ3n) is 4.48. The fourth-order valence-electron chi connectivity index (χ4n) is 2.95. The maximum absolute atomic E-state index is 12.7. The highest BCUT2D eigenvalue weighted by molar-refractivity contribution is 9.10. The fraction of sp³-hybridized carbons (Fsp3) is 0.278. The highest BCUT2D eigenvalue weighted by Crippen LogP contribution is 2.30. The number of benzene rings is 2. The molecule has 1 N–H and O–H groups in total. The van der Waals surface area contributed by atoms with Crippen molar-refractivity contribution in [3.63, 3.8) is 0 Å². The van der Waals surface area contributed by atoms with E-state index in [4.69, 9.17) is 0 Å². The number of anilines is 1. The second-order valence-electron chi connectivity index (χ2n) is 6.34. The lowest BCUT2D eigenvalue weighted by molar-refractivity contribution is -0.384. The minimum atomic E-state index is -3.73. The Hall–Kier alpha value is -2.30. The van der Waals surface area contributed by atoms with Gasteiger partial charge in [-0.25, -0.2) is 8.42 Å². The van der Waals surface area contributed by atoms with Gasteiger partial charge in [0.2, 0.25) is 10.0 Å². The molecule has 0 atom stereocenters. The molecule has 1 fully saturated rings. The number of nitro groups is 1. The van der Waals surface area contributed by atoms with E-state index >= 15 is 0 Å². The number of sulfonamides is 1. The third-order valence-corrected chi connectivity index (χ3v) is 7.06. The van der Waals surface area contributed by atoms with Gasteiger partial charge in [0.05, 0.1) is 15.5 Å². The van der Waals surface area contributed by atoms with Gasteiger partial charge in [0.25, 0.3) is 5.69 Å². The third kappa shape index (κ3) is 4.23. The van der Waals surface area contributed by atoms with Gasteiger partial charge in [-0.2, -0.15) is 9.41 Å². The molecule has 1 saturated heterocycles. The van der Waals surface area contributed by atoms with Gasteiger partial charge in [0, 0.05) is 29.2 Å². The number of nitrogens with zero attached hydrogens (tertiary/aromatic N) is 3.